The van der Waals surface area contributed by atoms with Crippen molar-refractivity contribution in [2.75, 3.05) is 6.61 Å². The first-order valence-corrected chi connectivity index (χ1v) is 11.5. The molecule has 4 rings (SSSR count). The van der Waals surface area contributed by atoms with Crippen molar-refractivity contribution >= 4 is 0 Å². The maximum Gasteiger partial charge on any atom is 0.228 e. The van der Waals surface area contributed by atoms with Gasteiger partial charge in [0.2, 0.25) is 6.29 Å². The van der Waals surface area contributed by atoms with Crippen molar-refractivity contribution in [3.63, 3.8) is 0 Å². The zero-order valence-electron chi connectivity index (χ0n) is 19.4. The topological polar surface area (TPSA) is 99.4 Å². The maximum absolute atomic E-state index is 10.6. The van der Waals surface area contributed by atoms with E-state index in [2.05, 4.69) is 44.2 Å². The summed E-state index contributed by atoms with van der Waals surface area (Å²) in [5.74, 6) is 0.298. The molecular weight excluding hydrogens is 432 g/mol. The monoisotopic (exact) mass is 464 g/mol. The molecule has 6 atom stereocenters. The molecule has 1 unspecified atom stereocenters. The summed E-state index contributed by atoms with van der Waals surface area (Å²) in [4.78, 5) is 0. The molecule has 0 amide bonds. The molecule has 1 aliphatic heterocycles. The fourth-order valence-electron chi connectivity index (χ4n) is 4.76. The second-order valence-electron chi connectivity index (χ2n) is 8.98. The van der Waals surface area contributed by atoms with Gasteiger partial charge in [-0.1, -0.05) is 78.4 Å². The first-order valence-electron chi connectivity index (χ1n) is 11.5. The average Bonchev–Trinajstić information content (AvgIpc) is 3.14. The fourth-order valence-corrected chi connectivity index (χ4v) is 4.76. The van der Waals surface area contributed by atoms with Crippen LogP contribution >= 0.6 is 0 Å². The highest BCUT2D eigenvalue weighted by atomic mass is 16.7. The molecule has 2 aliphatic rings. The van der Waals surface area contributed by atoms with E-state index in [9.17, 15) is 20.4 Å². The molecule has 0 spiro atoms. The van der Waals surface area contributed by atoms with Gasteiger partial charge in [0.25, 0.3) is 0 Å². The third-order valence-electron chi connectivity index (χ3n) is 6.48. The van der Waals surface area contributed by atoms with Crippen molar-refractivity contribution < 1.29 is 29.9 Å². The Morgan fingerprint density at radius 1 is 0.941 bits per heavy atom. The second kappa shape index (κ2) is 10.7. The number of allylic oxidation sites excluding steroid dienone is 5. The Labute approximate surface area is 200 Å². The van der Waals surface area contributed by atoms with Crippen LogP contribution in [0.15, 0.2) is 95.8 Å². The van der Waals surface area contributed by atoms with Crippen LogP contribution in [0.25, 0.3) is 0 Å². The molecule has 2 aromatic carbocycles. The van der Waals surface area contributed by atoms with Gasteiger partial charge in [-0.3, -0.25) is 0 Å². The molecule has 1 heterocycles. The summed E-state index contributed by atoms with van der Waals surface area (Å²) in [7, 11) is 0. The summed E-state index contributed by atoms with van der Waals surface area (Å²) >= 11 is 0. The van der Waals surface area contributed by atoms with E-state index in [0.717, 1.165) is 22.3 Å². The Morgan fingerprint density at radius 3 is 2.06 bits per heavy atom. The summed E-state index contributed by atoms with van der Waals surface area (Å²) < 4.78 is 11.9. The lowest BCUT2D eigenvalue weighted by Gasteiger charge is -2.35. The van der Waals surface area contributed by atoms with Crippen LogP contribution in [0.4, 0.5) is 0 Å². The van der Waals surface area contributed by atoms with E-state index in [1.165, 1.54) is 0 Å². The lowest BCUT2D eigenvalue weighted by atomic mass is 9.73. The fraction of sp³-hybridized carbons (Fsp3) is 0.357. The molecule has 1 saturated heterocycles. The molecule has 6 heteroatoms. The minimum absolute atomic E-state index is 0.0780. The lowest BCUT2D eigenvalue weighted by Crippen LogP contribution is -2.40. The smallest absolute Gasteiger partial charge is 0.228 e. The quantitative estimate of drug-likeness (QED) is 0.503. The SMILES string of the molecule is CC(C)=C1C=CC=C(O[C@H]2O[C@H]([C@@H](O)CO)[C@@H](O)[C@H]2O)C1C(c1ccccc1)c1ccccc1. The van der Waals surface area contributed by atoms with Gasteiger partial charge in [-0.05, 0) is 36.6 Å². The highest BCUT2D eigenvalue weighted by Gasteiger charge is 2.48. The first kappa shape index (κ1) is 24.4. The molecule has 0 aromatic heterocycles. The predicted molar refractivity (Wildman–Crippen MR) is 129 cm³/mol. The number of aliphatic hydroxyl groups is 4. The van der Waals surface area contributed by atoms with Gasteiger partial charge in [-0.2, -0.15) is 0 Å². The molecule has 1 aliphatic carbocycles. The van der Waals surface area contributed by atoms with Crippen LogP contribution < -0.4 is 0 Å². The maximum atomic E-state index is 10.6. The summed E-state index contributed by atoms with van der Waals surface area (Å²) in [6.45, 7) is 3.52. The molecular formula is C28H32O6. The summed E-state index contributed by atoms with van der Waals surface area (Å²) in [6.07, 6.45) is -0.591. The summed E-state index contributed by atoms with van der Waals surface area (Å²) in [5.41, 5.74) is 4.46. The molecule has 4 N–H and O–H groups in total. The van der Waals surface area contributed by atoms with Gasteiger partial charge >= 0.3 is 0 Å². The zero-order chi connectivity index (χ0) is 24.2. The molecule has 0 saturated carbocycles. The Balaban J connectivity index is 1.74. The van der Waals surface area contributed by atoms with Gasteiger partial charge in [0.05, 0.1) is 12.5 Å². The van der Waals surface area contributed by atoms with Crippen molar-refractivity contribution in [3.05, 3.63) is 107 Å². The predicted octanol–water partition coefficient (Wildman–Crippen LogP) is 3.04. The lowest BCUT2D eigenvalue weighted by molar-refractivity contribution is -0.165. The number of ether oxygens (including phenoxy) is 2. The summed E-state index contributed by atoms with van der Waals surface area (Å²) in [5, 5.41) is 40.2. The van der Waals surface area contributed by atoms with Gasteiger partial charge in [-0.15, -0.1) is 0 Å². The van der Waals surface area contributed by atoms with E-state index in [1.807, 2.05) is 48.6 Å². The summed E-state index contributed by atoms with van der Waals surface area (Å²) in [6, 6.07) is 20.4. The number of hydrogen-bond acceptors (Lipinski definition) is 6. The van der Waals surface area contributed by atoms with E-state index in [4.69, 9.17) is 9.47 Å². The van der Waals surface area contributed by atoms with Gasteiger partial charge in [-0.25, -0.2) is 0 Å². The van der Waals surface area contributed by atoms with Gasteiger partial charge in [0, 0.05) is 5.92 Å². The first-order chi connectivity index (χ1) is 16.4. The Morgan fingerprint density at radius 2 is 1.53 bits per heavy atom. The minimum atomic E-state index is -1.38. The van der Waals surface area contributed by atoms with Crippen molar-refractivity contribution in [1.29, 1.82) is 0 Å². The van der Waals surface area contributed by atoms with Crippen LogP contribution in [0.2, 0.25) is 0 Å². The van der Waals surface area contributed by atoms with Crippen LogP contribution in [0.5, 0.6) is 0 Å². The second-order valence-corrected chi connectivity index (χ2v) is 8.98. The normalized spacial score (nSPS) is 27.6. The molecule has 6 nitrogen and oxygen atoms in total. The van der Waals surface area contributed by atoms with E-state index < -0.39 is 37.3 Å². The van der Waals surface area contributed by atoms with Gasteiger partial charge in [0.1, 0.15) is 30.2 Å². The highest BCUT2D eigenvalue weighted by molar-refractivity contribution is 5.46. The third kappa shape index (κ3) is 4.87. The van der Waals surface area contributed by atoms with Crippen LogP contribution in [0.1, 0.15) is 30.9 Å². The van der Waals surface area contributed by atoms with E-state index in [-0.39, 0.29) is 11.8 Å². The average molecular weight is 465 g/mol. The van der Waals surface area contributed by atoms with Gasteiger partial charge < -0.3 is 29.9 Å². The van der Waals surface area contributed by atoms with Crippen molar-refractivity contribution in [3.8, 4) is 0 Å². The molecule has 180 valence electrons. The number of hydrogen-bond donors (Lipinski definition) is 4. The standard InChI is InChI=1S/C28H32O6/c1-17(2)20-14-9-15-22(33-28-26(32)25(31)27(34-28)21(30)16-29)24(20)23(18-10-5-3-6-11-18)19-12-7-4-8-13-19/h3-15,21,23-32H,16H2,1-2H3/t21-,24?,25-,26+,27+,28-/m0/s1. The van der Waals surface area contributed by atoms with Crippen molar-refractivity contribution in [2.24, 2.45) is 5.92 Å². The van der Waals surface area contributed by atoms with Crippen LogP contribution in [-0.2, 0) is 9.47 Å². The van der Waals surface area contributed by atoms with Crippen LogP contribution in [0.3, 0.4) is 0 Å². The number of benzene rings is 2. The Hall–Kier alpha value is -2.74. The molecule has 0 radical (unpaired) electrons. The number of rotatable bonds is 7. The van der Waals surface area contributed by atoms with Crippen molar-refractivity contribution in [1.82, 2.24) is 0 Å². The van der Waals surface area contributed by atoms with Crippen LogP contribution in [0, 0.1) is 5.92 Å². The Bertz CT molecular complexity index is 1000. The molecule has 34 heavy (non-hydrogen) atoms. The molecule has 1 fully saturated rings. The third-order valence-corrected chi connectivity index (χ3v) is 6.48. The van der Waals surface area contributed by atoms with Crippen LogP contribution in [-0.4, -0.2) is 57.7 Å². The largest absolute Gasteiger partial charge is 0.466 e. The molecule has 2 aromatic rings. The van der Waals surface area contributed by atoms with E-state index >= 15 is 0 Å². The Kier molecular flexibility index (Phi) is 7.66. The van der Waals surface area contributed by atoms with E-state index in [0.29, 0.717) is 5.76 Å². The minimum Gasteiger partial charge on any atom is -0.466 e. The van der Waals surface area contributed by atoms with E-state index in [1.54, 1.807) is 0 Å². The highest BCUT2D eigenvalue weighted by Crippen LogP contribution is 2.45. The van der Waals surface area contributed by atoms with Crippen molar-refractivity contribution in [2.45, 2.75) is 50.5 Å². The van der Waals surface area contributed by atoms with Gasteiger partial charge in [0.15, 0.2) is 0 Å². The number of aliphatic hydroxyl groups excluding tert-OH is 4. The molecule has 0 bridgehead atoms. The zero-order valence-corrected chi connectivity index (χ0v) is 19.4.